The van der Waals surface area contributed by atoms with Gasteiger partial charge in [-0.15, -0.1) is 0 Å². The molecule has 0 aromatic heterocycles. The first kappa shape index (κ1) is 15.7. The van der Waals surface area contributed by atoms with Crippen molar-refractivity contribution in [2.24, 2.45) is 0 Å². The average molecular weight is 244 g/mol. The van der Waals surface area contributed by atoms with E-state index in [0.717, 1.165) is 0 Å². The first-order valence-electron chi connectivity index (χ1n) is 6.86. The van der Waals surface area contributed by atoms with E-state index in [-0.39, 0.29) is 0 Å². The molecule has 96 valence electrons. The number of carbonyl (C=O) groups excluding carboxylic acids is 1. The van der Waals surface area contributed by atoms with Crippen molar-refractivity contribution in [1.29, 1.82) is 0 Å². The van der Waals surface area contributed by atoms with E-state index < -0.39 is 8.32 Å². The maximum atomic E-state index is 10.7. The van der Waals surface area contributed by atoms with Crippen molar-refractivity contribution in [3.8, 4) is 0 Å². The molecule has 0 aliphatic heterocycles. The molecule has 0 aromatic rings. The molecule has 16 heavy (non-hydrogen) atoms. The van der Waals surface area contributed by atoms with Crippen molar-refractivity contribution >= 4 is 14.8 Å². The van der Waals surface area contributed by atoms with Gasteiger partial charge in [0.05, 0.1) is 0 Å². The van der Waals surface area contributed by atoms with Crippen LogP contribution in [0.1, 0.15) is 59.3 Å². The Morgan fingerprint density at radius 3 is 1.50 bits per heavy atom. The van der Waals surface area contributed by atoms with Gasteiger partial charge in [-0.05, 0) is 18.1 Å². The average Bonchev–Trinajstić information content (AvgIpc) is 2.31. The molecule has 0 heterocycles. The minimum absolute atomic E-state index is 0.715. The molecule has 0 bridgehead atoms. The molecule has 0 N–H and O–H groups in total. The van der Waals surface area contributed by atoms with E-state index >= 15 is 0 Å². The van der Waals surface area contributed by atoms with Crippen LogP contribution in [0.2, 0.25) is 18.1 Å². The van der Waals surface area contributed by atoms with Gasteiger partial charge >= 0.3 is 0 Å². The van der Waals surface area contributed by atoms with Crippen LogP contribution in [0, 0.1) is 0 Å². The van der Waals surface area contributed by atoms with E-state index in [1.54, 1.807) is 0 Å². The number of carbonyl (C=O) groups is 1. The molecule has 0 radical (unpaired) electrons. The summed E-state index contributed by atoms with van der Waals surface area (Å²) >= 11 is 0. The smallest absolute Gasteiger partial charge is 0.279 e. The normalized spacial score (nSPS) is 11.4. The van der Waals surface area contributed by atoms with Crippen LogP contribution in [0.15, 0.2) is 0 Å². The molecular weight excluding hydrogens is 216 g/mol. The zero-order chi connectivity index (χ0) is 12.3. The predicted octanol–water partition coefficient (Wildman–Crippen LogP) is 4.51. The highest BCUT2D eigenvalue weighted by molar-refractivity contribution is 6.74. The summed E-state index contributed by atoms with van der Waals surface area (Å²) in [5, 5.41) is 0. The van der Waals surface area contributed by atoms with E-state index in [1.165, 1.54) is 56.7 Å². The van der Waals surface area contributed by atoms with Gasteiger partial charge in [0.25, 0.3) is 14.8 Å². The molecule has 0 spiro atoms. The fraction of sp³-hybridized carbons (Fsp3) is 0.923. The maximum absolute atomic E-state index is 10.7. The fourth-order valence-electron chi connectivity index (χ4n) is 2.15. The zero-order valence-corrected chi connectivity index (χ0v) is 12.3. The van der Waals surface area contributed by atoms with E-state index in [4.69, 9.17) is 4.43 Å². The fourth-order valence-corrected chi connectivity index (χ4v) is 6.45. The van der Waals surface area contributed by atoms with Gasteiger partial charge < -0.3 is 4.43 Å². The second-order valence-electron chi connectivity index (χ2n) is 4.71. The molecule has 0 aromatic carbocycles. The van der Waals surface area contributed by atoms with Gasteiger partial charge in [0.1, 0.15) is 0 Å². The highest BCUT2D eigenvalue weighted by atomic mass is 28.4. The van der Waals surface area contributed by atoms with Gasteiger partial charge in [-0.1, -0.05) is 59.3 Å². The Morgan fingerprint density at radius 2 is 1.25 bits per heavy atom. The topological polar surface area (TPSA) is 26.3 Å². The molecule has 0 fully saturated rings. The summed E-state index contributed by atoms with van der Waals surface area (Å²) in [4.78, 5) is 10.7. The molecule has 0 saturated heterocycles. The molecule has 0 aliphatic carbocycles. The molecular formula is C13H28O2Si. The zero-order valence-electron chi connectivity index (χ0n) is 11.3. The Balaban J connectivity index is 4.37. The molecule has 0 saturated carbocycles. The van der Waals surface area contributed by atoms with Crippen molar-refractivity contribution < 1.29 is 9.22 Å². The number of hydrogen-bond acceptors (Lipinski definition) is 2. The van der Waals surface area contributed by atoms with Crippen LogP contribution < -0.4 is 0 Å². The van der Waals surface area contributed by atoms with Crippen molar-refractivity contribution in [2.75, 3.05) is 0 Å². The molecule has 0 unspecified atom stereocenters. The van der Waals surface area contributed by atoms with Crippen LogP contribution in [-0.4, -0.2) is 14.8 Å². The van der Waals surface area contributed by atoms with Gasteiger partial charge in [-0.2, -0.15) is 0 Å². The summed E-state index contributed by atoms with van der Waals surface area (Å²) in [5.74, 6) is 0. The summed E-state index contributed by atoms with van der Waals surface area (Å²) in [6.45, 7) is 7.34. The Morgan fingerprint density at radius 1 is 0.875 bits per heavy atom. The quantitative estimate of drug-likeness (QED) is 0.395. The van der Waals surface area contributed by atoms with Crippen LogP contribution in [0.4, 0.5) is 0 Å². The minimum Gasteiger partial charge on any atom is -0.521 e. The predicted molar refractivity (Wildman–Crippen MR) is 72.0 cm³/mol. The van der Waals surface area contributed by atoms with Gasteiger partial charge in [0, 0.05) is 0 Å². The third-order valence-electron chi connectivity index (χ3n) is 3.26. The monoisotopic (exact) mass is 244 g/mol. The standard InChI is InChI=1S/C13H28O2Si/c1-4-7-10-16(15-13-14,11-8-5-2)12-9-6-3/h13H,4-12H2,1-3H3. The Kier molecular flexibility index (Phi) is 9.69. The number of rotatable bonds is 11. The van der Waals surface area contributed by atoms with Crippen molar-refractivity contribution in [3.63, 3.8) is 0 Å². The van der Waals surface area contributed by atoms with Gasteiger partial charge in [-0.25, -0.2) is 0 Å². The molecule has 0 amide bonds. The third-order valence-corrected chi connectivity index (χ3v) is 7.65. The van der Waals surface area contributed by atoms with Crippen molar-refractivity contribution in [2.45, 2.75) is 77.4 Å². The van der Waals surface area contributed by atoms with Crippen molar-refractivity contribution in [1.82, 2.24) is 0 Å². The van der Waals surface area contributed by atoms with Gasteiger partial charge in [0.2, 0.25) is 0 Å². The third kappa shape index (κ3) is 6.31. The Hall–Kier alpha value is -0.313. The van der Waals surface area contributed by atoms with Gasteiger partial charge in [0.15, 0.2) is 0 Å². The Labute approximate surface area is 102 Å². The summed E-state index contributed by atoms with van der Waals surface area (Å²) in [5.41, 5.74) is 0. The van der Waals surface area contributed by atoms with Crippen LogP contribution in [-0.2, 0) is 9.22 Å². The molecule has 0 rings (SSSR count). The summed E-state index contributed by atoms with van der Waals surface area (Å²) in [7, 11) is -1.73. The highest BCUT2D eigenvalue weighted by Gasteiger charge is 2.34. The Bertz CT molecular complexity index is 150. The first-order valence-corrected chi connectivity index (χ1v) is 9.39. The van der Waals surface area contributed by atoms with Crippen LogP contribution in [0.5, 0.6) is 0 Å². The molecule has 0 atom stereocenters. The lowest BCUT2D eigenvalue weighted by Gasteiger charge is -2.29. The first-order chi connectivity index (χ1) is 7.74. The van der Waals surface area contributed by atoms with Gasteiger partial charge in [-0.3, -0.25) is 4.79 Å². The van der Waals surface area contributed by atoms with E-state index in [9.17, 15) is 4.79 Å². The van der Waals surface area contributed by atoms with Crippen LogP contribution in [0.25, 0.3) is 0 Å². The maximum Gasteiger partial charge on any atom is 0.279 e. The van der Waals surface area contributed by atoms with E-state index in [0.29, 0.717) is 6.47 Å². The molecule has 3 heteroatoms. The second-order valence-corrected chi connectivity index (χ2v) is 8.81. The SMILES string of the molecule is CCCC[Si](CCCC)(CCCC)OC=O. The summed E-state index contributed by atoms with van der Waals surface area (Å²) in [6.07, 6.45) is 7.26. The van der Waals surface area contributed by atoms with Crippen LogP contribution in [0.3, 0.4) is 0 Å². The van der Waals surface area contributed by atoms with Crippen LogP contribution >= 0.6 is 0 Å². The lowest BCUT2D eigenvalue weighted by molar-refractivity contribution is -0.121. The number of hydrogen-bond donors (Lipinski definition) is 0. The largest absolute Gasteiger partial charge is 0.521 e. The molecule has 2 nitrogen and oxygen atoms in total. The number of unbranched alkanes of at least 4 members (excludes halogenated alkanes) is 3. The lowest BCUT2D eigenvalue weighted by Crippen LogP contribution is -2.37. The summed E-state index contributed by atoms with van der Waals surface area (Å²) < 4.78 is 5.59. The van der Waals surface area contributed by atoms with Crippen molar-refractivity contribution in [3.05, 3.63) is 0 Å². The van der Waals surface area contributed by atoms with E-state index in [1.807, 2.05) is 0 Å². The summed E-state index contributed by atoms with van der Waals surface area (Å²) in [6, 6.07) is 3.51. The molecule has 0 aliphatic rings. The highest BCUT2D eigenvalue weighted by Crippen LogP contribution is 2.28. The second kappa shape index (κ2) is 9.88. The van der Waals surface area contributed by atoms with E-state index in [2.05, 4.69) is 20.8 Å². The minimum atomic E-state index is -1.73. The lowest BCUT2D eigenvalue weighted by atomic mass is 10.4.